The van der Waals surface area contributed by atoms with Crippen molar-refractivity contribution in [3.05, 3.63) is 41.0 Å². The molecule has 1 aliphatic rings. The molecule has 124 valence electrons. The zero-order chi connectivity index (χ0) is 16.4. The molecule has 23 heavy (non-hydrogen) atoms. The van der Waals surface area contributed by atoms with E-state index in [-0.39, 0.29) is 6.61 Å². The maximum Gasteiger partial charge on any atom is 0.264 e. The molecular weight excluding hydrogens is 290 g/mol. The summed E-state index contributed by atoms with van der Waals surface area (Å²) in [5.74, 6) is 2.37. The summed E-state index contributed by atoms with van der Waals surface area (Å²) in [6.45, 7) is 6.63. The number of ether oxygens (including phenoxy) is 1. The van der Waals surface area contributed by atoms with Crippen molar-refractivity contribution in [3.8, 4) is 5.75 Å². The van der Waals surface area contributed by atoms with Crippen LogP contribution >= 0.6 is 0 Å². The minimum Gasteiger partial charge on any atom is -0.483 e. The molecule has 1 saturated carbocycles. The van der Waals surface area contributed by atoms with Crippen LogP contribution in [0.1, 0.15) is 68.3 Å². The van der Waals surface area contributed by atoms with Gasteiger partial charge in [-0.2, -0.15) is 4.98 Å². The van der Waals surface area contributed by atoms with Gasteiger partial charge in [0.2, 0.25) is 0 Å². The Morgan fingerprint density at radius 1 is 1.30 bits per heavy atom. The Bertz CT molecular complexity index is 673. The summed E-state index contributed by atoms with van der Waals surface area (Å²) >= 11 is 0. The highest BCUT2D eigenvalue weighted by atomic mass is 16.5. The Morgan fingerprint density at radius 2 is 2.04 bits per heavy atom. The van der Waals surface area contributed by atoms with Crippen LogP contribution in [0.5, 0.6) is 5.75 Å². The minimum atomic E-state index is -0.422. The molecule has 0 atom stereocenters. The number of hydrogen-bond acceptors (Lipinski definition) is 5. The molecule has 2 N–H and O–H groups in total. The van der Waals surface area contributed by atoms with Crippen LogP contribution in [0.25, 0.3) is 0 Å². The molecule has 0 spiro atoms. The fourth-order valence-electron chi connectivity index (χ4n) is 3.13. The van der Waals surface area contributed by atoms with Crippen LogP contribution in [0.2, 0.25) is 0 Å². The van der Waals surface area contributed by atoms with Crippen LogP contribution in [0.15, 0.2) is 22.7 Å². The molecule has 1 aromatic carbocycles. The smallest absolute Gasteiger partial charge is 0.264 e. The van der Waals surface area contributed by atoms with E-state index in [0.29, 0.717) is 17.6 Å². The Balaban J connectivity index is 1.72. The van der Waals surface area contributed by atoms with E-state index in [0.717, 1.165) is 31.4 Å². The van der Waals surface area contributed by atoms with E-state index in [1.165, 1.54) is 11.1 Å². The molecule has 0 saturated heterocycles. The average Bonchev–Trinajstić information content (AvgIpc) is 3.14. The van der Waals surface area contributed by atoms with Crippen LogP contribution in [-0.2, 0) is 12.1 Å². The van der Waals surface area contributed by atoms with Gasteiger partial charge in [0, 0.05) is 0 Å². The number of nitrogens with zero attached hydrogens (tertiary/aromatic N) is 2. The third kappa shape index (κ3) is 3.39. The Hall–Kier alpha value is -1.88. The molecule has 0 unspecified atom stereocenters. The monoisotopic (exact) mass is 315 g/mol. The molecule has 1 aromatic heterocycles. The van der Waals surface area contributed by atoms with Gasteiger partial charge in [0.25, 0.3) is 5.89 Å². The lowest BCUT2D eigenvalue weighted by atomic mass is 9.99. The van der Waals surface area contributed by atoms with Crippen molar-refractivity contribution in [1.82, 2.24) is 10.1 Å². The molecule has 3 rings (SSSR count). The van der Waals surface area contributed by atoms with Crippen LogP contribution < -0.4 is 10.5 Å². The molecule has 5 heteroatoms. The second-order valence-electron chi connectivity index (χ2n) is 6.86. The van der Waals surface area contributed by atoms with E-state index < -0.39 is 5.54 Å². The molecule has 0 amide bonds. The third-order valence-corrected chi connectivity index (χ3v) is 4.55. The van der Waals surface area contributed by atoms with E-state index in [1.807, 2.05) is 6.07 Å². The quantitative estimate of drug-likeness (QED) is 0.908. The largest absolute Gasteiger partial charge is 0.483 e. The van der Waals surface area contributed by atoms with Crippen molar-refractivity contribution >= 4 is 0 Å². The minimum absolute atomic E-state index is 0.270. The standard InChI is InChI=1S/C18H25N3O2/c1-12(2)14-7-6-13(3)10-15(14)22-11-16-20-17(21-23-16)18(19)8-4-5-9-18/h6-7,10,12H,4-5,8-9,11,19H2,1-3H3. The van der Waals surface area contributed by atoms with E-state index in [2.05, 4.69) is 43.0 Å². The van der Waals surface area contributed by atoms with Crippen LogP contribution in [0, 0.1) is 6.92 Å². The van der Waals surface area contributed by atoms with Crippen molar-refractivity contribution in [3.63, 3.8) is 0 Å². The second-order valence-corrected chi connectivity index (χ2v) is 6.86. The van der Waals surface area contributed by atoms with Gasteiger partial charge < -0.3 is 15.0 Å². The van der Waals surface area contributed by atoms with E-state index in [1.54, 1.807) is 0 Å². The molecule has 0 bridgehead atoms. The number of rotatable bonds is 5. The summed E-state index contributed by atoms with van der Waals surface area (Å²) in [5.41, 5.74) is 8.29. The highest BCUT2D eigenvalue weighted by molar-refractivity contribution is 5.39. The second kappa shape index (κ2) is 6.32. The maximum atomic E-state index is 6.36. The SMILES string of the molecule is Cc1ccc(C(C)C)c(OCc2nc(C3(N)CCCC3)no2)c1. The highest BCUT2D eigenvalue weighted by Gasteiger charge is 2.36. The summed E-state index contributed by atoms with van der Waals surface area (Å²) in [7, 11) is 0. The molecule has 1 fully saturated rings. The average molecular weight is 315 g/mol. The summed E-state index contributed by atoms with van der Waals surface area (Å²) < 4.78 is 11.3. The number of benzene rings is 1. The lowest BCUT2D eigenvalue weighted by molar-refractivity contribution is 0.239. The molecule has 2 aromatic rings. The van der Waals surface area contributed by atoms with Crippen molar-refractivity contribution in [2.75, 3.05) is 0 Å². The van der Waals surface area contributed by atoms with E-state index in [4.69, 9.17) is 15.0 Å². The summed E-state index contributed by atoms with van der Waals surface area (Å²) in [4.78, 5) is 4.45. The number of hydrogen-bond donors (Lipinski definition) is 1. The van der Waals surface area contributed by atoms with Gasteiger partial charge >= 0.3 is 0 Å². The summed E-state index contributed by atoms with van der Waals surface area (Å²) in [5, 5.41) is 4.07. The number of nitrogens with two attached hydrogens (primary N) is 1. The zero-order valence-corrected chi connectivity index (χ0v) is 14.1. The van der Waals surface area contributed by atoms with Gasteiger partial charge in [-0.3, -0.25) is 0 Å². The van der Waals surface area contributed by atoms with Crippen LogP contribution in [0.4, 0.5) is 0 Å². The molecule has 0 radical (unpaired) electrons. The van der Waals surface area contributed by atoms with Crippen molar-refractivity contribution in [2.24, 2.45) is 5.73 Å². The first-order chi connectivity index (χ1) is 11.0. The van der Waals surface area contributed by atoms with E-state index in [9.17, 15) is 0 Å². The highest BCUT2D eigenvalue weighted by Crippen LogP contribution is 2.34. The first-order valence-electron chi connectivity index (χ1n) is 8.33. The maximum absolute atomic E-state index is 6.36. The normalized spacial score (nSPS) is 16.9. The van der Waals surface area contributed by atoms with Gasteiger partial charge in [0.1, 0.15) is 5.75 Å². The fraction of sp³-hybridized carbons (Fsp3) is 0.556. The van der Waals surface area contributed by atoms with Gasteiger partial charge in [-0.15, -0.1) is 0 Å². The summed E-state index contributed by atoms with van der Waals surface area (Å²) in [6.07, 6.45) is 4.08. The Kier molecular flexibility index (Phi) is 4.39. The predicted molar refractivity (Wildman–Crippen MR) is 88.2 cm³/mol. The fourth-order valence-corrected chi connectivity index (χ4v) is 3.13. The Labute approximate surface area is 137 Å². The van der Waals surface area contributed by atoms with Crippen LogP contribution in [0.3, 0.4) is 0 Å². The van der Waals surface area contributed by atoms with Gasteiger partial charge in [-0.25, -0.2) is 0 Å². The van der Waals surface area contributed by atoms with Gasteiger partial charge in [-0.1, -0.05) is 44.0 Å². The molecule has 5 nitrogen and oxygen atoms in total. The molecule has 1 heterocycles. The topological polar surface area (TPSA) is 74.2 Å². The van der Waals surface area contributed by atoms with E-state index >= 15 is 0 Å². The van der Waals surface area contributed by atoms with Gasteiger partial charge in [0.15, 0.2) is 12.4 Å². The zero-order valence-electron chi connectivity index (χ0n) is 14.1. The first kappa shape index (κ1) is 16.0. The number of aryl methyl sites for hydroxylation is 1. The van der Waals surface area contributed by atoms with Gasteiger partial charge in [0.05, 0.1) is 5.54 Å². The van der Waals surface area contributed by atoms with Crippen molar-refractivity contribution in [2.45, 2.75) is 64.5 Å². The molecule has 0 aliphatic heterocycles. The Morgan fingerprint density at radius 3 is 2.74 bits per heavy atom. The van der Waals surface area contributed by atoms with Crippen LogP contribution in [-0.4, -0.2) is 10.1 Å². The van der Waals surface area contributed by atoms with Crippen molar-refractivity contribution in [1.29, 1.82) is 0 Å². The summed E-state index contributed by atoms with van der Waals surface area (Å²) in [6, 6.07) is 6.27. The predicted octanol–water partition coefficient (Wildman–Crippen LogP) is 3.81. The lowest BCUT2D eigenvalue weighted by Gasteiger charge is -2.17. The first-order valence-corrected chi connectivity index (χ1v) is 8.33. The lowest BCUT2D eigenvalue weighted by Crippen LogP contribution is -2.34. The van der Waals surface area contributed by atoms with Gasteiger partial charge in [-0.05, 0) is 42.9 Å². The molecular formula is C18H25N3O2. The molecule has 1 aliphatic carbocycles. The number of aromatic nitrogens is 2. The van der Waals surface area contributed by atoms with Crippen molar-refractivity contribution < 1.29 is 9.26 Å². The third-order valence-electron chi connectivity index (χ3n) is 4.55.